The van der Waals surface area contributed by atoms with E-state index in [1.54, 1.807) is 16.7 Å². The summed E-state index contributed by atoms with van der Waals surface area (Å²) in [5.74, 6) is 0.333. The summed E-state index contributed by atoms with van der Waals surface area (Å²) in [7, 11) is 1.54. The Morgan fingerprint density at radius 3 is 2.62 bits per heavy atom. The van der Waals surface area contributed by atoms with E-state index in [9.17, 15) is 4.79 Å². The fourth-order valence-corrected chi connectivity index (χ4v) is 2.57. The molecule has 0 saturated carbocycles. The van der Waals surface area contributed by atoms with Crippen LogP contribution in [0.2, 0.25) is 0 Å². The highest BCUT2D eigenvalue weighted by Crippen LogP contribution is 2.20. The Balaban J connectivity index is 1.84. The number of hydrogen-bond donors (Lipinski definition) is 0. The fraction of sp³-hybridized carbons (Fsp3) is 0.400. The van der Waals surface area contributed by atoms with Crippen molar-refractivity contribution in [3.8, 4) is 5.88 Å². The van der Waals surface area contributed by atoms with Crippen molar-refractivity contribution >= 4 is 5.91 Å². The maximum Gasteiger partial charge on any atom is 0.280 e. The minimum atomic E-state index is -0.0938. The third-order valence-electron chi connectivity index (χ3n) is 3.65. The Kier molecular flexibility index (Phi) is 3.85. The highest BCUT2D eigenvalue weighted by molar-refractivity contribution is 5.94. The molecule has 3 rings (SSSR count). The van der Waals surface area contributed by atoms with Gasteiger partial charge in [0.25, 0.3) is 5.91 Å². The van der Waals surface area contributed by atoms with Crippen LogP contribution in [0.25, 0.3) is 0 Å². The van der Waals surface area contributed by atoms with Crippen molar-refractivity contribution in [1.82, 2.24) is 19.9 Å². The summed E-state index contributed by atoms with van der Waals surface area (Å²) in [4.78, 5) is 14.2. The SMILES string of the molecule is COc1c(C(=O)N2CCCC2)nnn1Cc1ccccc1. The minimum absolute atomic E-state index is 0.0938. The monoisotopic (exact) mass is 286 g/mol. The zero-order valence-corrected chi connectivity index (χ0v) is 12.0. The van der Waals surface area contributed by atoms with E-state index in [0.717, 1.165) is 31.5 Å². The van der Waals surface area contributed by atoms with Crippen molar-refractivity contribution in [2.24, 2.45) is 0 Å². The number of carbonyl (C=O) groups excluding carboxylic acids is 1. The summed E-state index contributed by atoms with van der Waals surface area (Å²) in [6.45, 7) is 2.10. The van der Waals surface area contributed by atoms with Crippen molar-refractivity contribution in [3.05, 3.63) is 41.6 Å². The van der Waals surface area contributed by atoms with E-state index in [1.807, 2.05) is 30.3 Å². The van der Waals surface area contributed by atoms with Crippen molar-refractivity contribution in [3.63, 3.8) is 0 Å². The second kappa shape index (κ2) is 5.95. The molecule has 110 valence electrons. The first-order valence-corrected chi connectivity index (χ1v) is 7.10. The van der Waals surface area contributed by atoms with Crippen molar-refractivity contribution in [2.75, 3.05) is 20.2 Å². The number of methoxy groups -OCH3 is 1. The Hall–Kier alpha value is -2.37. The molecule has 0 radical (unpaired) electrons. The molecule has 6 heteroatoms. The number of amides is 1. The van der Waals surface area contributed by atoms with Gasteiger partial charge in [0.05, 0.1) is 13.7 Å². The smallest absolute Gasteiger partial charge is 0.280 e. The van der Waals surface area contributed by atoms with Gasteiger partial charge in [0.1, 0.15) is 0 Å². The first-order chi connectivity index (χ1) is 10.3. The van der Waals surface area contributed by atoms with Crippen LogP contribution in [-0.4, -0.2) is 46.0 Å². The summed E-state index contributed by atoms with van der Waals surface area (Å²) in [6, 6.07) is 9.90. The molecule has 1 aliphatic heterocycles. The maximum absolute atomic E-state index is 12.4. The third-order valence-corrected chi connectivity index (χ3v) is 3.65. The predicted molar refractivity (Wildman–Crippen MR) is 77.3 cm³/mol. The highest BCUT2D eigenvalue weighted by Gasteiger charge is 2.27. The molecule has 1 fully saturated rings. The van der Waals surface area contributed by atoms with E-state index in [4.69, 9.17) is 4.74 Å². The van der Waals surface area contributed by atoms with Gasteiger partial charge >= 0.3 is 0 Å². The van der Waals surface area contributed by atoms with Gasteiger partial charge in [-0.15, -0.1) is 5.10 Å². The number of nitrogens with zero attached hydrogens (tertiary/aromatic N) is 4. The zero-order valence-electron chi connectivity index (χ0n) is 12.0. The van der Waals surface area contributed by atoms with E-state index >= 15 is 0 Å². The topological polar surface area (TPSA) is 60.2 Å². The largest absolute Gasteiger partial charge is 0.479 e. The van der Waals surface area contributed by atoms with E-state index in [0.29, 0.717) is 18.1 Å². The van der Waals surface area contributed by atoms with Crippen LogP contribution in [-0.2, 0) is 6.54 Å². The number of aromatic nitrogens is 3. The van der Waals surface area contributed by atoms with Crippen molar-refractivity contribution < 1.29 is 9.53 Å². The molecule has 0 bridgehead atoms. The van der Waals surface area contributed by atoms with Crippen LogP contribution < -0.4 is 4.74 Å². The molecule has 0 atom stereocenters. The minimum Gasteiger partial charge on any atom is -0.479 e. The Bertz CT molecular complexity index is 618. The number of carbonyl (C=O) groups is 1. The van der Waals surface area contributed by atoms with E-state index < -0.39 is 0 Å². The van der Waals surface area contributed by atoms with Crippen molar-refractivity contribution in [1.29, 1.82) is 0 Å². The molecule has 0 aliphatic carbocycles. The summed E-state index contributed by atoms with van der Waals surface area (Å²) >= 11 is 0. The molecule has 0 spiro atoms. The van der Waals surface area contributed by atoms with Crippen LogP contribution in [0, 0.1) is 0 Å². The van der Waals surface area contributed by atoms with Gasteiger partial charge in [-0.1, -0.05) is 35.5 Å². The lowest BCUT2D eigenvalue weighted by atomic mass is 10.2. The second-order valence-corrected chi connectivity index (χ2v) is 5.09. The van der Waals surface area contributed by atoms with E-state index in [2.05, 4.69) is 10.3 Å². The van der Waals surface area contributed by atoms with Crippen LogP contribution in [0.5, 0.6) is 5.88 Å². The van der Waals surface area contributed by atoms with Gasteiger partial charge in [0.15, 0.2) is 0 Å². The number of likely N-dealkylation sites (tertiary alicyclic amines) is 1. The van der Waals surface area contributed by atoms with Gasteiger partial charge < -0.3 is 9.64 Å². The van der Waals surface area contributed by atoms with Gasteiger partial charge in [-0.05, 0) is 18.4 Å². The van der Waals surface area contributed by atoms with E-state index in [1.165, 1.54) is 0 Å². The molecular formula is C15H18N4O2. The Morgan fingerprint density at radius 1 is 1.24 bits per heavy atom. The molecule has 0 N–H and O–H groups in total. The van der Waals surface area contributed by atoms with Crippen LogP contribution >= 0.6 is 0 Å². The lowest BCUT2D eigenvalue weighted by Crippen LogP contribution is -2.28. The number of benzene rings is 1. The molecule has 0 unspecified atom stereocenters. The molecule has 1 aliphatic rings. The van der Waals surface area contributed by atoms with Gasteiger partial charge in [-0.3, -0.25) is 4.79 Å². The zero-order chi connectivity index (χ0) is 14.7. The summed E-state index contributed by atoms with van der Waals surface area (Å²) < 4.78 is 6.98. The molecule has 1 amide bonds. The normalized spacial score (nSPS) is 14.4. The lowest BCUT2D eigenvalue weighted by molar-refractivity contribution is 0.0783. The molecule has 21 heavy (non-hydrogen) atoms. The maximum atomic E-state index is 12.4. The number of hydrogen-bond acceptors (Lipinski definition) is 4. The summed E-state index contributed by atoms with van der Waals surface area (Å²) in [6.07, 6.45) is 2.10. The number of rotatable bonds is 4. The average molecular weight is 286 g/mol. The van der Waals surface area contributed by atoms with Crippen LogP contribution in [0.15, 0.2) is 30.3 Å². The molecular weight excluding hydrogens is 268 g/mol. The predicted octanol–water partition coefficient (Wildman–Crippen LogP) is 1.57. The highest BCUT2D eigenvalue weighted by atomic mass is 16.5. The standard InChI is InChI=1S/C15H18N4O2/c1-21-15-13(14(20)18-9-5-6-10-18)16-17-19(15)11-12-7-3-2-4-8-12/h2-4,7-8H,5-6,9-11H2,1H3. The van der Waals surface area contributed by atoms with Gasteiger partial charge in [0, 0.05) is 13.1 Å². The van der Waals surface area contributed by atoms with Gasteiger partial charge in [0.2, 0.25) is 11.6 Å². The summed E-state index contributed by atoms with van der Waals surface area (Å²) in [5, 5.41) is 8.09. The first kappa shape index (κ1) is 13.6. The molecule has 1 aromatic heterocycles. The molecule has 2 heterocycles. The Morgan fingerprint density at radius 2 is 1.95 bits per heavy atom. The lowest BCUT2D eigenvalue weighted by Gasteiger charge is -2.14. The second-order valence-electron chi connectivity index (χ2n) is 5.09. The van der Waals surface area contributed by atoms with Crippen LogP contribution in [0.3, 0.4) is 0 Å². The van der Waals surface area contributed by atoms with Crippen LogP contribution in [0.1, 0.15) is 28.9 Å². The fourth-order valence-electron chi connectivity index (χ4n) is 2.57. The van der Waals surface area contributed by atoms with E-state index in [-0.39, 0.29) is 5.91 Å². The van der Waals surface area contributed by atoms with Crippen molar-refractivity contribution in [2.45, 2.75) is 19.4 Å². The van der Waals surface area contributed by atoms with Gasteiger partial charge in [-0.25, -0.2) is 4.68 Å². The quantitative estimate of drug-likeness (QED) is 0.856. The molecule has 1 saturated heterocycles. The Labute approximate surface area is 123 Å². The molecule has 1 aromatic carbocycles. The van der Waals surface area contributed by atoms with Gasteiger partial charge in [-0.2, -0.15) is 0 Å². The molecule has 2 aromatic rings. The molecule has 6 nitrogen and oxygen atoms in total. The third kappa shape index (κ3) is 2.74. The number of ether oxygens (including phenoxy) is 1. The first-order valence-electron chi connectivity index (χ1n) is 7.10. The summed E-state index contributed by atoms with van der Waals surface area (Å²) in [5.41, 5.74) is 1.39. The average Bonchev–Trinajstić information content (AvgIpc) is 3.17. The van der Waals surface area contributed by atoms with Crippen LogP contribution in [0.4, 0.5) is 0 Å².